The molecule has 0 spiro atoms. The van der Waals surface area contributed by atoms with Crippen LogP contribution in [-0.2, 0) is 6.42 Å². The van der Waals surface area contributed by atoms with Crippen molar-refractivity contribution in [2.24, 2.45) is 0 Å². The predicted molar refractivity (Wildman–Crippen MR) is 91.9 cm³/mol. The van der Waals surface area contributed by atoms with Gasteiger partial charge in [-0.1, -0.05) is 6.42 Å². The van der Waals surface area contributed by atoms with Gasteiger partial charge in [0, 0.05) is 23.9 Å². The van der Waals surface area contributed by atoms with E-state index in [0.29, 0.717) is 11.8 Å². The standard InChI is InChI=1S/C19H24N2O2/c1-23-18-7-9-21-19(13-18)15-10-14(11-17(22)12-15)5-6-16-4-2-3-8-20-16/h7,9-13,16,20,22H,2-6,8H2,1H3/t16-/m0/s1. The van der Waals surface area contributed by atoms with Crippen LogP contribution in [0.1, 0.15) is 31.2 Å². The zero-order chi connectivity index (χ0) is 16.1. The average Bonchev–Trinajstić information content (AvgIpc) is 2.60. The average molecular weight is 312 g/mol. The highest BCUT2D eigenvalue weighted by Crippen LogP contribution is 2.27. The van der Waals surface area contributed by atoms with Crippen LogP contribution in [0.15, 0.2) is 36.5 Å². The Kier molecular flexibility index (Phi) is 5.13. The van der Waals surface area contributed by atoms with Crippen molar-refractivity contribution in [2.45, 2.75) is 38.1 Å². The molecule has 2 N–H and O–H groups in total. The highest BCUT2D eigenvalue weighted by molar-refractivity contribution is 5.63. The first-order valence-electron chi connectivity index (χ1n) is 8.31. The van der Waals surface area contributed by atoms with Crippen molar-refractivity contribution >= 4 is 0 Å². The molecule has 0 bridgehead atoms. The van der Waals surface area contributed by atoms with E-state index in [1.54, 1.807) is 19.4 Å². The summed E-state index contributed by atoms with van der Waals surface area (Å²) in [7, 11) is 1.64. The van der Waals surface area contributed by atoms with E-state index < -0.39 is 0 Å². The number of aryl methyl sites for hydroxylation is 1. The molecule has 2 heterocycles. The maximum Gasteiger partial charge on any atom is 0.122 e. The number of hydrogen-bond donors (Lipinski definition) is 2. The largest absolute Gasteiger partial charge is 0.508 e. The van der Waals surface area contributed by atoms with Gasteiger partial charge in [0.25, 0.3) is 0 Å². The van der Waals surface area contributed by atoms with Gasteiger partial charge in [0.05, 0.1) is 12.8 Å². The molecular formula is C19H24N2O2. The van der Waals surface area contributed by atoms with Crippen LogP contribution in [0.25, 0.3) is 11.3 Å². The zero-order valence-corrected chi connectivity index (χ0v) is 13.6. The van der Waals surface area contributed by atoms with Gasteiger partial charge in [0.2, 0.25) is 0 Å². The van der Waals surface area contributed by atoms with Crippen molar-refractivity contribution in [3.63, 3.8) is 0 Å². The van der Waals surface area contributed by atoms with Crippen LogP contribution in [0.5, 0.6) is 11.5 Å². The van der Waals surface area contributed by atoms with Gasteiger partial charge >= 0.3 is 0 Å². The van der Waals surface area contributed by atoms with Crippen LogP contribution in [0.4, 0.5) is 0 Å². The molecule has 4 heteroatoms. The zero-order valence-electron chi connectivity index (χ0n) is 13.6. The molecule has 0 saturated carbocycles. The number of hydrogen-bond acceptors (Lipinski definition) is 4. The summed E-state index contributed by atoms with van der Waals surface area (Å²) in [5, 5.41) is 13.6. The normalized spacial score (nSPS) is 17.9. The summed E-state index contributed by atoms with van der Waals surface area (Å²) < 4.78 is 5.25. The molecule has 1 aromatic carbocycles. The van der Waals surface area contributed by atoms with Crippen molar-refractivity contribution in [3.8, 4) is 22.8 Å². The molecule has 23 heavy (non-hydrogen) atoms. The van der Waals surface area contributed by atoms with Gasteiger partial charge in [-0.25, -0.2) is 0 Å². The van der Waals surface area contributed by atoms with Gasteiger partial charge in [-0.2, -0.15) is 0 Å². The molecule has 4 nitrogen and oxygen atoms in total. The number of methoxy groups -OCH3 is 1. The van der Waals surface area contributed by atoms with Crippen molar-refractivity contribution < 1.29 is 9.84 Å². The Hall–Kier alpha value is -2.07. The number of ether oxygens (including phenoxy) is 1. The third-order valence-corrected chi connectivity index (χ3v) is 4.43. The summed E-state index contributed by atoms with van der Waals surface area (Å²) in [5.41, 5.74) is 2.89. The summed E-state index contributed by atoms with van der Waals surface area (Å²) >= 11 is 0. The lowest BCUT2D eigenvalue weighted by Crippen LogP contribution is -2.34. The third kappa shape index (κ3) is 4.23. The van der Waals surface area contributed by atoms with Crippen LogP contribution >= 0.6 is 0 Å². The molecule has 0 radical (unpaired) electrons. The molecular weight excluding hydrogens is 288 g/mol. The maximum atomic E-state index is 10.0. The fourth-order valence-corrected chi connectivity index (χ4v) is 3.17. The van der Waals surface area contributed by atoms with Crippen molar-refractivity contribution in [3.05, 3.63) is 42.1 Å². The number of phenols is 1. The number of aromatic nitrogens is 1. The van der Waals surface area contributed by atoms with E-state index in [-0.39, 0.29) is 0 Å². The van der Waals surface area contributed by atoms with Crippen LogP contribution in [0.2, 0.25) is 0 Å². The Balaban J connectivity index is 1.75. The smallest absolute Gasteiger partial charge is 0.122 e. The fourth-order valence-electron chi connectivity index (χ4n) is 3.17. The van der Waals surface area contributed by atoms with Crippen molar-refractivity contribution in [1.82, 2.24) is 10.3 Å². The number of nitrogens with zero attached hydrogens (tertiary/aromatic N) is 1. The van der Waals surface area contributed by atoms with Gasteiger partial charge in [-0.3, -0.25) is 4.98 Å². The predicted octanol–water partition coefficient (Wildman–Crippen LogP) is 3.54. The molecule has 1 atom stereocenters. The topological polar surface area (TPSA) is 54.4 Å². The lowest BCUT2D eigenvalue weighted by atomic mass is 9.96. The molecule has 1 aliphatic heterocycles. The molecule has 1 aliphatic rings. The van der Waals surface area contributed by atoms with Crippen LogP contribution in [-0.4, -0.2) is 29.8 Å². The van der Waals surface area contributed by atoms with Gasteiger partial charge in [0.1, 0.15) is 11.5 Å². The molecule has 1 aromatic heterocycles. The Morgan fingerprint density at radius 3 is 2.96 bits per heavy atom. The summed E-state index contributed by atoms with van der Waals surface area (Å²) in [6.07, 6.45) is 7.65. The molecule has 0 amide bonds. The van der Waals surface area contributed by atoms with Gasteiger partial charge in [-0.15, -0.1) is 0 Å². The van der Waals surface area contributed by atoms with Crippen LogP contribution < -0.4 is 10.1 Å². The van der Waals surface area contributed by atoms with Crippen LogP contribution in [0.3, 0.4) is 0 Å². The Morgan fingerprint density at radius 1 is 1.26 bits per heavy atom. The monoisotopic (exact) mass is 312 g/mol. The van der Waals surface area contributed by atoms with E-state index in [1.165, 1.54) is 19.3 Å². The first-order valence-corrected chi connectivity index (χ1v) is 8.31. The first kappa shape index (κ1) is 15.8. The molecule has 122 valence electrons. The SMILES string of the molecule is COc1ccnc(-c2cc(O)cc(CC[C@@H]3CCCCN3)c2)c1. The Labute approximate surface area is 137 Å². The van der Waals surface area contributed by atoms with E-state index >= 15 is 0 Å². The number of nitrogens with one attached hydrogen (secondary N) is 1. The lowest BCUT2D eigenvalue weighted by Gasteiger charge is -2.23. The maximum absolute atomic E-state index is 10.0. The molecule has 1 fully saturated rings. The highest BCUT2D eigenvalue weighted by Gasteiger charge is 2.13. The number of rotatable bonds is 5. The highest BCUT2D eigenvalue weighted by atomic mass is 16.5. The van der Waals surface area contributed by atoms with E-state index in [0.717, 1.165) is 42.0 Å². The number of phenolic OH excluding ortho intramolecular Hbond substituents is 1. The Bertz CT molecular complexity index is 652. The molecule has 3 rings (SSSR count). The minimum absolute atomic E-state index is 0.290. The molecule has 2 aromatic rings. The summed E-state index contributed by atoms with van der Waals surface area (Å²) in [6.45, 7) is 1.13. The summed E-state index contributed by atoms with van der Waals surface area (Å²) in [4.78, 5) is 4.39. The number of aromatic hydroxyl groups is 1. The second kappa shape index (κ2) is 7.47. The Morgan fingerprint density at radius 2 is 2.17 bits per heavy atom. The van der Waals surface area contributed by atoms with Gasteiger partial charge in [0.15, 0.2) is 0 Å². The van der Waals surface area contributed by atoms with E-state index in [9.17, 15) is 5.11 Å². The summed E-state index contributed by atoms with van der Waals surface area (Å²) in [5.74, 6) is 1.06. The van der Waals surface area contributed by atoms with E-state index in [2.05, 4.69) is 16.4 Å². The van der Waals surface area contributed by atoms with E-state index in [1.807, 2.05) is 18.2 Å². The molecule has 1 saturated heterocycles. The minimum atomic E-state index is 0.290. The molecule has 0 aliphatic carbocycles. The number of piperidine rings is 1. The lowest BCUT2D eigenvalue weighted by molar-refractivity contribution is 0.382. The summed E-state index contributed by atoms with van der Waals surface area (Å²) in [6, 6.07) is 10.0. The number of pyridine rings is 1. The fraction of sp³-hybridized carbons (Fsp3) is 0.421. The minimum Gasteiger partial charge on any atom is -0.508 e. The van der Waals surface area contributed by atoms with Crippen molar-refractivity contribution in [1.29, 1.82) is 0 Å². The van der Waals surface area contributed by atoms with Crippen LogP contribution in [0, 0.1) is 0 Å². The number of benzene rings is 1. The second-order valence-corrected chi connectivity index (χ2v) is 6.15. The third-order valence-electron chi connectivity index (χ3n) is 4.43. The van der Waals surface area contributed by atoms with Gasteiger partial charge in [-0.05, 0) is 62.1 Å². The van der Waals surface area contributed by atoms with E-state index in [4.69, 9.17) is 4.74 Å². The second-order valence-electron chi connectivity index (χ2n) is 6.15. The van der Waals surface area contributed by atoms with Crippen molar-refractivity contribution in [2.75, 3.05) is 13.7 Å². The molecule has 0 unspecified atom stereocenters. The quantitative estimate of drug-likeness (QED) is 0.886. The first-order chi connectivity index (χ1) is 11.2. The van der Waals surface area contributed by atoms with Gasteiger partial charge < -0.3 is 15.2 Å².